The summed E-state index contributed by atoms with van der Waals surface area (Å²) in [6, 6.07) is 11.4. The van der Waals surface area contributed by atoms with E-state index in [0.29, 0.717) is 30.8 Å². The van der Waals surface area contributed by atoms with Crippen LogP contribution < -0.4 is 11.5 Å². The van der Waals surface area contributed by atoms with Gasteiger partial charge in [-0.3, -0.25) is 9.59 Å². The van der Waals surface area contributed by atoms with E-state index in [1.807, 2.05) is 36.4 Å². The lowest BCUT2D eigenvalue weighted by molar-refractivity contribution is -0.121. The predicted molar refractivity (Wildman–Crippen MR) is 81.6 cm³/mol. The van der Waals surface area contributed by atoms with Crippen LogP contribution in [0.2, 0.25) is 0 Å². The van der Waals surface area contributed by atoms with Crippen LogP contribution in [0.4, 0.5) is 5.69 Å². The molecule has 0 spiro atoms. The minimum atomic E-state index is -0.350. The Morgan fingerprint density at radius 3 is 2.43 bits per heavy atom. The Labute approximate surface area is 122 Å². The number of nitrogen functional groups attached to an aromatic ring is 1. The second-order valence-corrected chi connectivity index (χ2v) is 5.43. The van der Waals surface area contributed by atoms with Crippen LogP contribution in [0.25, 0.3) is 10.8 Å². The molecule has 0 radical (unpaired) electrons. The zero-order valence-electron chi connectivity index (χ0n) is 11.6. The molecule has 108 valence electrons. The summed E-state index contributed by atoms with van der Waals surface area (Å²) in [5, 5.41) is 1.98. The monoisotopic (exact) mass is 283 g/mol. The van der Waals surface area contributed by atoms with Crippen molar-refractivity contribution < 1.29 is 9.59 Å². The molecule has 21 heavy (non-hydrogen) atoms. The maximum Gasteiger partial charge on any atom is 0.255 e. The number of benzene rings is 2. The zero-order valence-corrected chi connectivity index (χ0v) is 11.6. The van der Waals surface area contributed by atoms with Gasteiger partial charge in [0.05, 0.1) is 11.5 Å². The first-order chi connectivity index (χ1) is 10.1. The molecule has 0 aliphatic carbocycles. The number of primary amides is 1. The molecule has 1 atom stereocenters. The summed E-state index contributed by atoms with van der Waals surface area (Å²) in [5.74, 6) is -0.741. The van der Waals surface area contributed by atoms with Gasteiger partial charge < -0.3 is 16.4 Å². The quantitative estimate of drug-likeness (QED) is 0.816. The summed E-state index contributed by atoms with van der Waals surface area (Å²) in [4.78, 5) is 25.4. The van der Waals surface area contributed by atoms with Crippen LogP contribution in [0.15, 0.2) is 36.4 Å². The summed E-state index contributed by atoms with van der Waals surface area (Å²) in [7, 11) is 0. The summed E-state index contributed by atoms with van der Waals surface area (Å²) in [5.41, 5.74) is 12.3. The van der Waals surface area contributed by atoms with Crippen molar-refractivity contribution in [3.05, 3.63) is 42.0 Å². The Hall–Kier alpha value is -2.56. The van der Waals surface area contributed by atoms with Crippen LogP contribution >= 0.6 is 0 Å². The Morgan fingerprint density at radius 1 is 1.14 bits per heavy atom. The average Bonchev–Trinajstić information content (AvgIpc) is 2.96. The smallest absolute Gasteiger partial charge is 0.255 e. The fourth-order valence-corrected chi connectivity index (χ4v) is 2.79. The van der Waals surface area contributed by atoms with Gasteiger partial charge in [-0.05, 0) is 29.3 Å². The van der Waals surface area contributed by atoms with Crippen molar-refractivity contribution in [3.8, 4) is 0 Å². The Kier molecular flexibility index (Phi) is 3.25. The third-order valence-electron chi connectivity index (χ3n) is 4.03. The minimum absolute atomic E-state index is 0.137. The van der Waals surface area contributed by atoms with Gasteiger partial charge in [-0.2, -0.15) is 0 Å². The largest absolute Gasteiger partial charge is 0.398 e. The van der Waals surface area contributed by atoms with Gasteiger partial charge in [0.2, 0.25) is 5.91 Å². The molecule has 1 fully saturated rings. The zero-order chi connectivity index (χ0) is 15.0. The molecule has 1 unspecified atom stereocenters. The van der Waals surface area contributed by atoms with E-state index in [1.165, 1.54) is 0 Å². The normalized spacial score (nSPS) is 18.1. The number of rotatable bonds is 2. The predicted octanol–water partition coefficient (Wildman–Crippen LogP) is 1.37. The van der Waals surface area contributed by atoms with Gasteiger partial charge >= 0.3 is 0 Å². The van der Waals surface area contributed by atoms with Crippen LogP contribution in [-0.4, -0.2) is 29.8 Å². The van der Waals surface area contributed by atoms with Crippen molar-refractivity contribution in [2.75, 3.05) is 18.8 Å². The Bertz CT molecular complexity index is 727. The third kappa shape index (κ3) is 2.42. The summed E-state index contributed by atoms with van der Waals surface area (Å²) in [6.07, 6.45) is 0.620. The van der Waals surface area contributed by atoms with E-state index in [0.717, 1.165) is 10.8 Å². The first-order valence-electron chi connectivity index (χ1n) is 6.93. The lowest BCUT2D eigenvalue weighted by Gasteiger charge is -2.17. The summed E-state index contributed by atoms with van der Waals surface area (Å²) >= 11 is 0. The van der Waals surface area contributed by atoms with Gasteiger partial charge in [0.25, 0.3) is 5.91 Å². The molecule has 5 nitrogen and oxygen atoms in total. The second-order valence-electron chi connectivity index (χ2n) is 5.43. The minimum Gasteiger partial charge on any atom is -0.398 e. The van der Waals surface area contributed by atoms with Crippen LogP contribution in [-0.2, 0) is 4.79 Å². The molecule has 0 aromatic heterocycles. The van der Waals surface area contributed by atoms with Crippen LogP contribution in [0.5, 0.6) is 0 Å². The van der Waals surface area contributed by atoms with Crippen molar-refractivity contribution in [2.24, 2.45) is 11.7 Å². The van der Waals surface area contributed by atoms with E-state index < -0.39 is 0 Å². The fourth-order valence-electron chi connectivity index (χ4n) is 2.79. The number of nitrogens with zero attached hydrogens (tertiary/aromatic N) is 1. The SMILES string of the molecule is NC(=O)C1CCN(C(=O)c2cc3ccccc3cc2N)C1. The molecule has 0 bridgehead atoms. The maximum atomic E-state index is 12.6. The first kappa shape index (κ1) is 13.4. The lowest BCUT2D eigenvalue weighted by atomic mass is 10.0. The summed E-state index contributed by atoms with van der Waals surface area (Å²) in [6.45, 7) is 0.916. The number of carbonyl (C=O) groups excluding carboxylic acids is 2. The number of likely N-dealkylation sites (tertiary alicyclic amines) is 1. The number of amides is 2. The average molecular weight is 283 g/mol. The van der Waals surface area contributed by atoms with Gasteiger partial charge in [-0.25, -0.2) is 0 Å². The molecule has 2 aromatic rings. The maximum absolute atomic E-state index is 12.6. The van der Waals surface area contributed by atoms with Gasteiger partial charge in [-0.15, -0.1) is 0 Å². The van der Waals surface area contributed by atoms with Crippen molar-refractivity contribution in [1.82, 2.24) is 4.90 Å². The molecular weight excluding hydrogens is 266 g/mol. The van der Waals surface area contributed by atoms with E-state index in [-0.39, 0.29) is 17.7 Å². The molecule has 1 aliphatic rings. The van der Waals surface area contributed by atoms with E-state index in [1.54, 1.807) is 4.90 Å². The Balaban J connectivity index is 1.91. The van der Waals surface area contributed by atoms with Crippen molar-refractivity contribution in [1.29, 1.82) is 0 Å². The van der Waals surface area contributed by atoms with E-state index in [4.69, 9.17) is 11.5 Å². The molecular formula is C16H17N3O2. The number of fused-ring (bicyclic) bond motifs is 1. The molecule has 3 rings (SSSR count). The molecule has 4 N–H and O–H groups in total. The first-order valence-corrected chi connectivity index (χ1v) is 6.93. The van der Waals surface area contributed by atoms with Crippen molar-refractivity contribution >= 4 is 28.3 Å². The second kappa shape index (κ2) is 5.09. The van der Waals surface area contributed by atoms with Gasteiger partial charge in [-0.1, -0.05) is 24.3 Å². The third-order valence-corrected chi connectivity index (χ3v) is 4.03. The molecule has 1 aliphatic heterocycles. The number of carbonyl (C=O) groups is 2. The van der Waals surface area contributed by atoms with Crippen LogP contribution in [0.3, 0.4) is 0 Å². The Morgan fingerprint density at radius 2 is 1.81 bits per heavy atom. The molecule has 0 saturated carbocycles. The van der Waals surface area contributed by atoms with Crippen LogP contribution in [0, 0.1) is 5.92 Å². The lowest BCUT2D eigenvalue weighted by Crippen LogP contribution is -2.32. The van der Waals surface area contributed by atoms with E-state index in [2.05, 4.69) is 0 Å². The van der Waals surface area contributed by atoms with Gasteiger partial charge in [0.15, 0.2) is 0 Å². The fraction of sp³-hybridized carbons (Fsp3) is 0.250. The van der Waals surface area contributed by atoms with Crippen molar-refractivity contribution in [3.63, 3.8) is 0 Å². The van der Waals surface area contributed by atoms with Gasteiger partial charge in [0.1, 0.15) is 0 Å². The number of nitrogens with two attached hydrogens (primary N) is 2. The molecule has 5 heteroatoms. The standard InChI is InChI=1S/C16H17N3O2/c17-14-8-11-4-2-1-3-10(11)7-13(14)16(21)19-6-5-12(9-19)15(18)20/h1-4,7-8,12H,5-6,9,17H2,(H2,18,20). The van der Waals surface area contributed by atoms with Crippen LogP contribution in [0.1, 0.15) is 16.8 Å². The highest BCUT2D eigenvalue weighted by atomic mass is 16.2. The molecule has 1 saturated heterocycles. The van der Waals surface area contributed by atoms with E-state index >= 15 is 0 Å². The highest BCUT2D eigenvalue weighted by Gasteiger charge is 2.30. The van der Waals surface area contributed by atoms with Crippen molar-refractivity contribution in [2.45, 2.75) is 6.42 Å². The number of hydrogen-bond acceptors (Lipinski definition) is 3. The summed E-state index contributed by atoms with van der Waals surface area (Å²) < 4.78 is 0. The van der Waals surface area contributed by atoms with E-state index in [9.17, 15) is 9.59 Å². The molecule has 1 heterocycles. The highest BCUT2D eigenvalue weighted by molar-refractivity contribution is 6.04. The molecule has 2 amide bonds. The highest BCUT2D eigenvalue weighted by Crippen LogP contribution is 2.25. The topological polar surface area (TPSA) is 89.4 Å². The molecule has 2 aromatic carbocycles. The van der Waals surface area contributed by atoms with Gasteiger partial charge in [0, 0.05) is 18.8 Å². The number of anilines is 1. The number of hydrogen-bond donors (Lipinski definition) is 2.